The molecule has 2 aliphatic rings. The summed E-state index contributed by atoms with van der Waals surface area (Å²) in [6.45, 7) is 2.86. The molecule has 6 nitrogen and oxygen atoms in total. The van der Waals surface area contributed by atoms with Gasteiger partial charge < -0.3 is 14.4 Å². The highest BCUT2D eigenvalue weighted by Crippen LogP contribution is 2.43. The molecular weight excluding hydrogens is 454 g/mol. The number of rotatable bonds is 6. The number of esters is 1. The molecule has 0 N–H and O–H groups in total. The Bertz CT molecular complexity index is 1150. The van der Waals surface area contributed by atoms with E-state index in [9.17, 15) is 4.79 Å². The van der Waals surface area contributed by atoms with Crippen molar-refractivity contribution in [3.05, 3.63) is 51.5 Å². The number of hydrogen-bond acceptors (Lipinski definition) is 8. The molecule has 0 fully saturated rings. The van der Waals surface area contributed by atoms with Gasteiger partial charge in [-0.1, -0.05) is 17.7 Å². The van der Waals surface area contributed by atoms with Gasteiger partial charge in [-0.05, 0) is 37.1 Å². The van der Waals surface area contributed by atoms with Crippen molar-refractivity contribution in [1.82, 2.24) is 9.97 Å². The lowest BCUT2D eigenvalue weighted by molar-refractivity contribution is -0.145. The summed E-state index contributed by atoms with van der Waals surface area (Å²) in [5, 5.41) is 0. The van der Waals surface area contributed by atoms with E-state index in [1.807, 2.05) is 36.0 Å². The number of thiophene rings is 1. The van der Waals surface area contributed by atoms with Crippen molar-refractivity contribution in [2.45, 2.75) is 24.9 Å². The zero-order valence-corrected chi connectivity index (χ0v) is 19.3. The van der Waals surface area contributed by atoms with Crippen LogP contribution in [0.4, 0.5) is 11.5 Å². The number of carbonyl (C=O) groups is 1. The van der Waals surface area contributed by atoms with Gasteiger partial charge >= 0.3 is 5.97 Å². The Kier molecular flexibility index (Phi) is 5.77. The Hall–Kier alpha value is -2.29. The third-order valence-electron chi connectivity index (χ3n) is 5.22. The van der Waals surface area contributed by atoms with E-state index in [1.165, 1.54) is 22.5 Å². The maximum absolute atomic E-state index is 11.7. The second-order valence-corrected chi connectivity index (χ2v) is 9.88. The summed E-state index contributed by atoms with van der Waals surface area (Å²) < 4.78 is 11.3. The van der Waals surface area contributed by atoms with Gasteiger partial charge in [0.1, 0.15) is 11.6 Å². The second kappa shape index (κ2) is 8.68. The highest BCUT2D eigenvalue weighted by Gasteiger charge is 2.29. The fraction of sp³-hybridized carbons (Fsp3) is 0.318. The van der Waals surface area contributed by atoms with E-state index in [0.29, 0.717) is 12.4 Å². The molecule has 0 unspecified atom stereocenters. The van der Waals surface area contributed by atoms with Crippen LogP contribution in [0.3, 0.4) is 0 Å². The molecule has 1 aromatic carbocycles. The number of aromatic nitrogens is 2. The molecule has 0 aliphatic carbocycles. The minimum absolute atomic E-state index is 0.102. The van der Waals surface area contributed by atoms with Crippen LogP contribution in [-0.2, 0) is 27.5 Å². The second-order valence-electron chi connectivity index (χ2n) is 7.18. The van der Waals surface area contributed by atoms with Crippen molar-refractivity contribution in [3.8, 4) is 16.5 Å². The lowest BCUT2D eigenvalue weighted by Gasteiger charge is -2.22. The summed E-state index contributed by atoms with van der Waals surface area (Å²) in [5.74, 6) is 3.74. The Balaban J connectivity index is 1.49. The molecule has 0 amide bonds. The molecule has 31 heavy (non-hydrogen) atoms. The lowest BCUT2D eigenvalue weighted by Crippen LogP contribution is -2.18. The van der Waals surface area contributed by atoms with E-state index >= 15 is 0 Å². The van der Waals surface area contributed by atoms with Gasteiger partial charge in [0.25, 0.3) is 0 Å². The molecule has 0 atom stereocenters. The predicted octanol–water partition coefficient (Wildman–Crippen LogP) is 5.24. The number of carbonyl (C=O) groups excluding carboxylic acids is 1. The van der Waals surface area contributed by atoms with Crippen LogP contribution in [0.1, 0.15) is 23.7 Å². The van der Waals surface area contributed by atoms with E-state index in [0.717, 1.165) is 56.7 Å². The number of fused-ring (bicyclic) bond motifs is 2. The molecule has 3 aromatic rings. The van der Waals surface area contributed by atoms with Gasteiger partial charge in [0.15, 0.2) is 12.4 Å². The van der Waals surface area contributed by atoms with Crippen LogP contribution in [0.2, 0.25) is 4.34 Å². The molecule has 9 heteroatoms. The lowest BCUT2D eigenvalue weighted by atomic mass is 10.1. The Labute approximate surface area is 193 Å². The molecule has 0 bridgehead atoms. The largest absolute Gasteiger partial charge is 0.482 e. The smallest absolute Gasteiger partial charge is 0.344 e. The highest BCUT2D eigenvalue weighted by molar-refractivity contribution is 7.98. The number of nitrogens with zero attached hydrogens (tertiary/aromatic N) is 3. The van der Waals surface area contributed by atoms with Crippen LogP contribution in [0.15, 0.2) is 30.3 Å². The SMILES string of the molecule is CCOC(=O)COc1ccc2c(c1)N(c1nc(-c3ccc(Cl)s3)nc3c1CSC3)CC2. The minimum Gasteiger partial charge on any atom is -0.482 e. The summed E-state index contributed by atoms with van der Waals surface area (Å²) in [6, 6.07) is 9.80. The van der Waals surface area contributed by atoms with Crippen LogP contribution >= 0.6 is 34.7 Å². The van der Waals surface area contributed by atoms with E-state index in [1.54, 1.807) is 6.92 Å². The zero-order chi connectivity index (χ0) is 21.4. The number of anilines is 2. The zero-order valence-electron chi connectivity index (χ0n) is 16.9. The van der Waals surface area contributed by atoms with Crippen LogP contribution in [0.5, 0.6) is 5.75 Å². The Morgan fingerprint density at radius 1 is 1.23 bits per heavy atom. The molecule has 0 saturated heterocycles. The van der Waals surface area contributed by atoms with Crippen LogP contribution < -0.4 is 9.64 Å². The molecule has 160 valence electrons. The fourth-order valence-corrected chi connectivity index (χ4v) is 5.83. The predicted molar refractivity (Wildman–Crippen MR) is 125 cm³/mol. The third-order valence-corrected chi connectivity index (χ3v) is 7.42. The molecule has 4 heterocycles. The Morgan fingerprint density at radius 3 is 2.94 bits per heavy atom. The van der Waals surface area contributed by atoms with Crippen LogP contribution in [0.25, 0.3) is 10.7 Å². The maximum Gasteiger partial charge on any atom is 0.344 e. The molecule has 2 aromatic heterocycles. The first-order valence-electron chi connectivity index (χ1n) is 10.0. The van der Waals surface area contributed by atoms with Crippen molar-refractivity contribution in [3.63, 3.8) is 0 Å². The van der Waals surface area contributed by atoms with Crippen molar-refractivity contribution in [2.75, 3.05) is 24.7 Å². The number of benzene rings is 1. The van der Waals surface area contributed by atoms with E-state index in [-0.39, 0.29) is 12.6 Å². The van der Waals surface area contributed by atoms with Gasteiger partial charge in [0.2, 0.25) is 0 Å². The highest BCUT2D eigenvalue weighted by atomic mass is 35.5. The summed E-state index contributed by atoms with van der Waals surface area (Å²) >= 11 is 9.50. The molecule has 2 aliphatic heterocycles. The third kappa shape index (κ3) is 4.12. The average molecular weight is 474 g/mol. The van der Waals surface area contributed by atoms with Crippen LogP contribution in [-0.4, -0.2) is 35.7 Å². The topological polar surface area (TPSA) is 64.6 Å². The number of thioether (sulfide) groups is 1. The normalized spacial score (nSPS) is 14.5. The van der Waals surface area contributed by atoms with Crippen molar-refractivity contribution >= 4 is 52.2 Å². The molecule has 0 radical (unpaired) electrons. The first-order chi connectivity index (χ1) is 15.1. The maximum atomic E-state index is 11.7. The number of ether oxygens (including phenoxy) is 2. The van der Waals surface area contributed by atoms with Gasteiger partial charge in [0.05, 0.1) is 21.5 Å². The quantitative estimate of drug-likeness (QED) is 0.453. The van der Waals surface area contributed by atoms with Gasteiger partial charge in [-0.3, -0.25) is 0 Å². The van der Waals surface area contributed by atoms with E-state index in [2.05, 4.69) is 11.0 Å². The fourth-order valence-electron chi connectivity index (χ4n) is 3.82. The summed E-state index contributed by atoms with van der Waals surface area (Å²) in [5.41, 5.74) is 4.59. The number of hydrogen-bond donors (Lipinski definition) is 0. The monoisotopic (exact) mass is 473 g/mol. The number of halogens is 1. The molecule has 5 rings (SSSR count). The summed E-state index contributed by atoms with van der Waals surface area (Å²) in [4.78, 5) is 24.7. The average Bonchev–Trinajstić information content (AvgIpc) is 3.50. The first kappa shape index (κ1) is 20.6. The van der Waals surface area contributed by atoms with Crippen LogP contribution in [0, 0.1) is 0 Å². The van der Waals surface area contributed by atoms with Gasteiger partial charge in [-0.15, -0.1) is 11.3 Å². The van der Waals surface area contributed by atoms with Crippen molar-refractivity contribution in [2.24, 2.45) is 0 Å². The van der Waals surface area contributed by atoms with E-state index in [4.69, 9.17) is 31.0 Å². The molecule has 0 saturated carbocycles. The van der Waals surface area contributed by atoms with Gasteiger partial charge in [0, 0.05) is 35.4 Å². The molecular formula is C22H20ClN3O3S2. The van der Waals surface area contributed by atoms with Gasteiger partial charge in [-0.2, -0.15) is 11.8 Å². The standard InChI is InChI=1S/C22H20ClN3O3S2/c1-2-28-20(27)10-29-14-4-3-13-7-8-26(17(13)9-14)22-15-11-30-12-16(15)24-21(25-22)18-5-6-19(23)31-18/h3-6,9H,2,7-8,10-12H2,1H3. The van der Waals surface area contributed by atoms with Crippen molar-refractivity contribution in [1.29, 1.82) is 0 Å². The minimum atomic E-state index is -0.371. The molecule has 0 spiro atoms. The van der Waals surface area contributed by atoms with Gasteiger partial charge in [-0.25, -0.2) is 14.8 Å². The summed E-state index contributed by atoms with van der Waals surface area (Å²) in [7, 11) is 0. The first-order valence-corrected chi connectivity index (χ1v) is 12.4. The Morgan fingerprint density at radius 2 is 2.13 bits per heavy atom. The van der Waals surface area contributed by atoms with E-state index < -0.39 is 0 Å². The van der Waals surface area contributed by atoms with Crippen molar-refractivity contribution < 1.29 is 14.3 Å². The summed E-state index contributed by atoms with van der Waals surface area (Å²) in [6.07, 6.45) is 0.930.